The van der Waals surface area contributed by atoms with Crippen LogP contribution in [-0.4, -0.2) is 52.8 Å². The molecule has 0 unspecified atom stereocenters. The zero-order chi connectivity index (χ0) is 19.0. The highest BCUT2D eigenvalue weighted by molar-refractivity contribution is 5.96. The van der Waals surface area contributed by atoms with Crippen LogP contribution in [0.15, 0.2) is 12.0 Å². The predicted octanol–water partition coefficient (Wildman–Crippen LogP) is 2.12. The standard InChI is InChI=1S/C17H25NO7/c1-10(19)24-14-9-22-13(7-12(14)20)11-8-23-17(5,6)18(11)15(21)25-16(2,3)4/h9,11,13H,7-8H2,1-6H3/t11-,13-/m0/s1. The van der Waals surface area contributed by atoms with Crippen molar-refractivity contribution in [1.29, 1.82) is 0 Å². The van der Waals surface area contributed by atoms with Crippen molar-refractivity contribution in [2.75, 3.05) is 6.61 Å². The molecule has 8 heteroatoms. The van der Waals surface area contributed by atoms with Crippen LogP contribution < -0.4 is 0 Å². The number of ketones is 1. The molecule has 0 aromatic heterocycles. The first-order valence-corrected chi connectivity index (χ1v) is 8.14. The third kappa shape index (κ3) is 4.50. The van der Waals surface area contributed by atoms with Crippen molar-refractivity contribution in [1.82, 2.24) is 4.90 Å². The summed E-state index contributed by atoms with van der Waals surface area (Å²) in [6, 6.07) is -0.496. The van der Waals surface area contributed by atoms with Crippen LogP contribution >= 0.6 is 0 Å². The molecular weight excluding hydrogens is 330 g/mol. The maximum atomic E-state index is 12.6. The molecule has 0 spiro atoms. The number of nitrogens with zero attached hydrogens (tertiary/aromatic N) is 1. The van der Waals surface area contributed by atoms with Gasteiger partial charge in [0.1, 0.15) is 23.7 Å². The van der Waals surface area contributed by atoms with E-state index in [2.05, 4.69) is 0 Å². The number of esters is 1. The molecule has 0 saturated carbocycles. The molecule has 0 bridgehead atoms. The van der Waals surface area contributed by atoms with Crippen LogP contribution in [0, 0.1) is 0 Å². The van der Waals surface area contributed by atoms with E-state index in [1.54, 1.807) is 34.6 Å². The van der Waals surface area contributed by atoms with Crippen molar-refractivity contribution in [3.63, 3.8) is 0 Å². The van der Waals surface area contributed by atoms with E-state index in [4.69, 9.17) is 18.9 Å². The zero-order valence-corrected chi connectivity index (χ0v) is 15.5. The molecule has 1 amide bonds. The van der Waals surface area contributed by atoms with Gasteiger partial charge in [-0.1, -0.05) is 0 Å². The average Bonchev–Trinajstić information content (AvgIpc) is 2.74. The van der Waals surface area contributed by atoms with E-state index >= 15 is 0 Å². The van der Waals surface area contributed by atoms with E-state index in [1.807, 2.05) is 0 Å². The molecule has 2 aliphatic rings. The normalized spacial score (nSPS) is 25.9. The summed E-state index contributed by atoms with van der Waals surface area (Å²) in [6.07, 6.45) is -0.0501. The van der Waals surface area contributed by atoms with Gasteiger partial charge in [0.25, 0.3) is 0 Å². The number of Topliss-reactive ketones (excluding diaryl/α,β-unsaturated/α-hetero) is 1. The quantitative estimate of drug-likeness (QED) is 0.701. The summed E-state index contributed by atoms with van der Waals surface area (Å²) in [4.78, 5) is 37.2. The minimum absolute atomic E-state index is 0.0253. The van der Waals surface area contributed by atoms with Crippen LogP contribution in [0.4, 0.5) is 4.79 Å². The van der Waals surface area contributed by atoms with Crippen LogP contribution in [0.3, 0.4) is 0 Å². The molecule has 25 heavy (non-hydrogen) atoms. The zero-order valence-electron chi connectivity index (χ0n) is 15.5. The Balaban J connectivity index is 2.18. The third-order valence-electron chi connectivity index (χ3n) is 3.80. The molecule has 1 saturated heterocycles. The number of carbonyl (C=O) groups excluding carboxylic acids is 3. The van der Waals surface area contributed by atoms with Gasteiger partial charge < -0.3 is 18.9 Å². The molecule has 2 aliphatic heterocycles. The molecule has 1 fully saturated rings. The van der Waals surface area contributed by atoms with Gasteiger partial charge in [-0.2, -0.15) is 0 Å². The largest absolute Gasteiger partial charge is 0.491 e. The highest BCUT2D eigenvalue weighted by Crippen LogP contribution is 2.34. The van der Waals surface area contributed by atoms with Gasteiger partial charge in [0.2, 0.25) is 11.5 Å². The summed E-state index contributed by atoms with van der Waals surface area (Å²) in [5.74, 6) is -1.09. The van der Waals surface area contributed by atoms with Gasteiger partial charge in [0.15, 0.2) is 0 Å². The Morgan fingerprint density at radius 3 is 2.48 bits per heavy atom. The number of hydrogen-bond donors (Lipinski definition) is 0. The molecule has 0 aromatic carbocycles. The summed E-state index contributed by atoms with van der Waals surface area (Å²) in [6.45, 7) is 10.2. The van der Waals surface area contributed by atoms with E-state index in [1.165, 1.54) is 11.8 Å². The first-order valence-electron chi connectivity index (χ1n) is 8.14. The van der Waals surface area contributed by atoms with Gasteiger partial charge in [-0.15, -0.1) is 0 Å². The Kier molecular flexibility index (Phi) is 5.13. The Morgan fingerprint density at radius 2 is 1.96 bits per heavy atom. The van der Waals surface area contributed by atoms with Crippen molar-refractivity contribution in [2.45, 2.75) is 71.4 Å². The van der Waals surface area contributed by atoms with Crippen molar-refractivity contribution in [2.24, 2.45) is 0 Å². The Hall–Kier alpha value is -2.09. The number of allylic oxidation sites excluding steroid dienone is 1. The molecule has 140 valence electrons. The number of hydrogen-bond acceptors (Lipinski definition) is 7. The van der Waals surface area contributed by atoms with Crippen LogP contribution in [0.5, 0.6) is 0 Å². The molecule has 2 atom stereocenters. The Morgan fingerprint density at radius 1 is 1.32 bits per heavy atom. The monoisotopic (exact) mass is 355 g/mol. The fraction of sp³-hybridized carbons (Fsp3) is 0.706. The lowest BCUT2D eigenvalue weighted by molar-refractivity contribution is -0.142. The highest BCUT2D eigenvalue weighted by atomic mass is 16.6. The Bertz CT molecular complexity index is 603. The predicted molar refractivity (Wildman–Crippen MR) is 86.2 cm³/mol. The van der Waals surface area contributed by atoms with E-state index in [-0.39, 0.29) is 24.6 Å². The molecule has 0 N–H and O–H groups in total. The van der Waals surface area contributed by atoms with Gasteiger partial charge in [-0.05, 0) is 34.6 Å². The second-order valence-electron chi connectivity index (χ2n) is 7.55. The summed E-state index contributed by atoms with van der Waals surface area (Å²) < 4.78 is 21.5. The summed E-state index contributed by atoms with van der Waals surface area (Å²) in [5, 5.41) is 0. The van der Waals surface area contributed by atoms with E-state index < -0.39 is 35.5 Å². The molecule has 8 nitrogen and oxygen atoms in total. The molecule has 0 aromatic rings. The van der Waals surface area contributed by atoms with Gasteiger partial charge >= 0.3 is 12.1 Å². The van der Waals surface area contributed by atoms with E-state index in [0.29, 0.717) is 0 Å². The molecular formula is C17H25NO7. The fourth-order valence-corrected chi connectivity index (χ4v) is 2.78. The fourth-order valence-electron chi connectivity index (χ4n) is 2.78. The number of ether oxygens (including phenoxy) is 4. The first-order chi connectivity index (χ1) is 11.4. The van der Waals surface area contributed by atoms with Gasteiger partial charge in [-0.25, -0.2) is 4.79 Å². The van der Waals surface area contributed by atoms with Crippen LogP contribution in [0.2, 0.25) is 0 Å². The molecule has 0 radical (unpaired) electrons. The van der Waals surface area contributed by atoms with E-state index in [9.17, 15) is 14.4 Å². The average molecular weight is 355 g/mol. The maximum absolute atomic E-state index is 12.6. The van der Waals surface area contributed by atoms with Gasteiger partial charge in [0, 0.05) is 6.92 Å². The lowest BCUT2D eigenvalue weighted by atomic mass is 10.0. The molecule has 2 rings (SSSR count). The molecule has 2 heterocycles. The Labute approximate surface area is 147 Å². The SMILES string of the molecule is CC(=O)OC1=CO[C@H]([C@@H]2COC(C)(C)N2C(=O)OC(C)(C)C)CC1=O. The van der Waals surface area contributed by atoms with Crippen molar-refractivity contribution in [3.8, 4) is 0 Å². The maximum Gasteiger partial charge on any atom is 0.413 e. The van der Waals surface area contributed by atoms with Crippen molar-refractivity contribution >= 4 is 17.8 Å². The second kappa shape index (κ2) is 6.67. The van der Waals surface area contributed by atoms with E-state index in [0.717, 1.165) is 6.26 Å². The summed E-state index contributed by atoms with van der Waals surface area (Å²) in [5.41, 5.74) is -1.55. The minimum Gasteiger partial charge on any atom is -0.491 e. The first kappa shape index (κ1) is 19.2. The van der Waals surface area contributed by atoms with Gasteiger partial charge in [-0.3, -0.25) is 14.5 Å². The second-order valence-corrected chi connectivity index (χ2v) is 7.55. The van der Waals surface area contributed by atoms with Crippen molar-refractivity contribution < 1.29 is 33.3 Å². The van der Waals surface area contributed by atoms with Crippen molar-refractivity contribution in [3.05, 3.63) is 12.0 Å². The number of carbonyl (C=O) groups is 3. The van der Waals surface area contributed by atoms with Gasteiger partial charge in [0.05, 0.1) is 19.1 Å². The third-order valence-corrected chi connectivity index (χ3v) is 3.80. The topological polar surface area (TPSA) is 91.4 Å². The lowest BCUT2D eigenvalue weighted by Crippen LogP contribution is -2.54. The lowest BCUT2D eigenvalue weighted by Gasteiger charge is -2.37. The summed E-state index contributed by atoms with van der Waals surface area (Å²) in [7, 11) is 0. The minimum atomic E-state index is -0.890. The molecule has 0 aliphatic carbocycles. The smallest absolute Gasteiger partial charge is 0.413 e. The van der Waals surface area contributed by atoms with Crippen LogP contribution in [0.1, 0.15) is 48.0 Å². The highest BCUT2D eigenvalue weighted by Gasteiger charge is 2.50. The summed E-state index contributed by atoms with van der Waals surface area (Å²) >= 11 is 0. The number of amides is 1. The van der Waals surface area contributed by atoms with Crippen LogP contribution in [0.25, 0.3) is 0 Å². The van der Waals surface area contributed by atoms with Crippen LogP contribution in [-0.2, 0) is 28.5 Å². The number of rotatable bonds is 2.